The number of aromatic nitrogens is 1. The zero-order valence-corrected chi connectivity index (χ0v) is 8.58. The first-order chi connectivity index (χ1) is 5.74. The number of pyridine rings is 1. The Morgan fingerprint density at radius 2 is 2.33 bits per heavy atom. The van der Waals surface area contributed by atoms with E-state index in [1.54, 1.807) is 12.4 Å². The van der Waals surface area contributed by atoms with E-state index in [1.165, 1.54) is 0 Å². The standard InChI is InChI=1S/C9H12BrNO/c1-2-3-9(12)7-4-8(10)6-11-5-7/h4-6,9,12H,2-3H2,1H3. The molecule has 66 valence electrons. The molecule has 0 aliphatic heterocycles. The average Bonchev–Trinajstić information content (AvgIpc) is 2.05. The summed E-state index contributed by atoms with van der Waals surface area (Å²) in [5.41, 5.74) is 0.881. The van der Waals surface area contributed by atoms with Crippen molar-refractivity contribution in [2.45, 2.75) is 25.9 Å². The smallest absolute Gasteiger partial charge is 0.0805 e. The maximum atomic E-state index is 9.58. The molecular weight excluding hydrogens is 218 g/mol. The van der Waals surface area contributed by atoms with Crippen molar-refractivity contribution in [3.8, 4) is 0 Å². The number of rotatable bonds is 3. The minimum atomic E-state index is -0.375. The maximum absolute atomic E-state index is 9.58. The van der Waals surface area contributed by atoms with Crippen molar-refractivity contribution in [2.24, 2.45) is 0 Å². The van der Waals surface area contributed by atoms with Crippen molar-refractivity contribution in [1.29, 1.82) is 0 Å². The van der Waals surface area contributed by atoms with Crippen LogP contribution in [0.25, 0.3) is 0 Å². The summed E-state index contributed by atoms with van der Waals surface area (Å²) in [4.78, 5) is 3.98. The zero-order chi connectivity index (χ0) is 8.97. The third-order valence-electron chi connectivity index (χ3n) is 1.67. The lowest BCUT2D eigenvalue weighted by Gasteiger charge is -2.08. The van der Waals surface area contributed by atoms with Crippen molar-refractivity contribution in [2.75, 3.05) is 0 Å². The summed E-state index contributed by atoms with van der Waals surface area (Å²) < 4.78 is 0.912. The van der Waals surface area contributed by atoms with E-state index in [4.69, 9.17) is 0 Å². The van der Waals surface area contributed by atoms with E-state index in [0.29, 0.717) is 0 Å². The summed E-state index contributed by atoms with van der Waals surface area (Å²) in [6.07, 6.45) is 4.80. The Hall–Kier alpha value is -0.410. The summed E-state index contributed by atoms with van der Waals surface area (Å²) >= 11 is 3.31. The van der Waals surface area contributed by atoms with Crippen LogP contribution in [0.15, 0.2) is 22.9 Å². The molecule has 0 aliphatic rings. The molecule has 1 N–H and O–H groups in total. The van der Waals surface area contributed by atoms with Gasteiger partial charge in [-0.05, 0) is 34.0 Å². The van der Waals surface area contributed by atoms with Gasteiger partial charge in [-0.2, -0.15) is 0 Å². The van der Waals surface area contributed by atoms with Crippen molar-refractivity contribution >= 4 is 15.9 Å². The normalized spacial score (nSPS) is 12.9. The Morgan fingerprint density at radius 3 is 2.92 bits per heavy atom. The first-order valence-electron chi connectivity index (χ1n) is 4.02. The van der Waals surface area contributed by atoms with Gasteiger partial charge >= 0.3 is 0 Å². The molecule has 1 aromatic heterocycles. The number of hydrogen-bond donors (Lipinski definition) is 1. The van der Waals surface area contributed by atoms with Crippen molar-refractivity contribution in [3.05, 3.63) is 28.5 Å². The molecule has 0 fully saturated rings. The number of hydrogen-bond acceptors (Lipinski definition) is 2. The van der Waals surface area contributed by atoms with E-state index in [1.807, 2.05) is 6.07 Å². The highest BCUT2D eigenvalue weighted by Crippen LogP contribution is 2.19. The van der Waals surface area contributed by atoms with Gasteiger partial charge in [-0.3, -0.25) is 4.98 Å². The first-order valence-corrected chi connectivity index (χ1v) is 4.82. The fourth-order valence-corrected chi connectivity index (χ4v) is 1.43. The molecule has 1 rings (SSSR count). The quantitative estimate of drug-likeness (QED) is 0.865. The first kappa shape index (κ1) is 9.68. The molecule has 1 unspecified atom stereocenters. The second kappa shape index (κ2) is 4.58. The summed E-state index contributed by atoms with van der Waals surface area (Å²) in [5, 5.41) is 9.58. The molecular formula is C9H12BrNO. The molecule has 0 saturated heterocycles. The Balaban J connectivity index is 2.73. The van der Waals surface area contributed by atoms with E-state index in [9.17, 15) is 5.11 Å². The lowest BCUT2D eigenvalue weighted by Crippen LogP contribution is -1.96. The van der Waals surface area contributed by atoms with Crippen LogP contribution in [-0.2, 0) is 0 Å². The molecule has 1 heterocycles. The number of aliphatic hydroxyl groups excluding tert-OH is 1. The van der Waals surface area contributed by atoms with Crippen molar-refractivity contribution < 1.29 is 5.11 Å². The monoisotopic (exact) mass is 229 g/mol. The molecule has 3 heteroatoms. The number of nitrogens with zero attached hydrogens (tertiary/aromatic N) is 1. The molecule has 0 spiro atoms. The van der Waals surface area contributed by atoms with Crippen LogP contribution >= 0.6 is 15.9 Å². The lowest BCUT2D eigenvalue weighted by molar-refractivity contribution is 0.166. The molecule has 0 bridgehead atoms. The van der Waals surface area contributed by atoms with Gasteiger partial charge in [0.15, 0.2) is 0 Å². The predicted octanol–water partition coefficient (Wildman–Crippen LogP) is 2.68. The van der Waals surface area contributed by atoms with Crippen molar-refractivity contribution in [1.82, 2.24) is 4.98 Å². The van der Waals surface area contributed by atoms with E-state index in [0.717, 1.165) is 22.9 Å². The molecule has 0 aliphatic carbocycles. The Kier molecular flexibility index (Phi) is 3.69. The zero-order valence-electron chi connectivity index (χ0n) is 7.00. The van der Waals surface area contributed by atoms with Gasteiger partial charge in [0.1, 0.15) is 0 Å². The van der Waals surface area contributed by atoms with Gasteiger partial charge in [0.25, 0.3) is 0 Å². The van der Waals surface area contributed by atoms with Gasteiger partial charge in [0.2, 0.25) is 0 Å². The highest BCUT2D eigenvalue weighted by Gasteiger charge is 2.05. The SMILES string of the molecule is CCCC(O)c1cncc(Br)c1. The third kappa shape index (κ3) is 2.57. The van der Waals surface area contributed by atoms with Crippen LogP contribution in [0.2, 0.25) is 0 Å². The van der Waals surface area contributed by atoms with E-state index in [2.05, 4.69) is 27.8 Å². The van der Waals surface area contributed by atoms with Gasteiger partial charge in [0.05, 0.1) is 6.10 Å². The van der Waals surface area contributed by atoms with Crippen LogP contribution in [0.1, 0.15) is 31.4 Å². The van der Waals surface area contributed by atoms with Gasteiger partial charge in [-0.25, -0.2) is 0 Å². The topological polar surface area (TPSA) is 33.1 Å². The molecule has 0 aromatic carbocycles. The third-order valence-corrected chi connectivity index (χ3v) is 2.11. The summed E-state index contributed by atoms with van der Waals surface area (Å²) in [6, 6.07) is 1.90. The van der Waals surface area contributed by atoms with E-state index >= 15 is 0 Å². The highest BCUT2D eigenvalue weighted by molar-refractivity contribution is 9.10. The largest absolute Gasteiger partial charge is 0.388 e. The van der Waals surface area contributed by atoms with Crippen molar-refractivity contribution in [3.63, 3.8) is 0 Å². The van der Waals surface area contributed by atoms with Crippen LogP contribution in [0.5, 0.6) is 0 Å². The van der Waals surface area contributed by atoms with Crippen LogP contribution in [0, 0.1) is 0 Å². The lowest BCUT2D eigenvalue weighted by atomic mass is 10.1. The Labute approximate surface area is 80.8 Å². The minimum Gasteiger partial charge on any atom is -0.388 e. The molecule has 0 radical (unpaired) electrons. The average molecular weight is 230 g/mol. The summed E-state index contributed by atoms with van der Waals surface area (Å²) in [6.45, 7) is 2.05. The predicted molar refractivity (Wildman–Crippen MR) is 51.8 cm³/mol. The van der Waals surface area contributed by atoms with Crippen LogP contribution in [-0.4, -0.2) is 10.1 Å². The fourth-order valence-electron chi connectivity index (χ4n) is 1.05. The molecule has 2 nitrogen and oxygen atoms in total. The number of halogens is 1. The number of aliphatic hydroxyl groups is 1. The molecule has 1 atom stereocenters. The second-order valence-electron chi connectivity index (χ2n) is 2.74. The molecule has 1 aromatic rings. The second-order valence-corrected chi connectivity index (χ2v) is 3.66. The van der Waals surface area contributed by atoms with Gasteiger partial charge in [-0.1, -0.05) is 13.3 Å². The van der Waals surface area contributed by atoms with Crippen LogP contribution in [0.4, 0.5) is 0 Å². The Morgan fingerprint density at radius 1 is 1.58 bits per heavy atom. The van der Waals surface area contributed by atoms with Gasteiger partial charge in [0, 0.05) is 16.9 Å². The minimum absolute atomic E-state index is 0.375. The summed E-state index contributed by atoms with van der Waals surface area (Å²) in [5.74, 6) is 0. The van der Waals surface area contributed by atoms with E-state index < -0.39 is 0 Å². The fraction of sp³-hybridized carbons (Fsp3) is 0.444. The van der Waals surface area contributed by atoms with Crippen LogP contribution < -0.4 is 0 Å². The van der Waals surface area contributed by atoms with Crippen LogP contribution in [0.3, 0.4) is 0 Å². The molecule has 0 amide bonds. The molecule has 0 saturated carbocycles. The molecule has 12 heavy (non-hydrogen) atoms. The van der Waals surface area contributed by atoms with Gasteiger partial charge in [-0.15, -0.1) is 0 Å². The maximum Gasteiger partial charge on any atom is 0.0805 e. The van der Waals surface area contributed by atoms with E-state index in [-0.39, 0.29) is 6.10 Å². The highest BCUT2D eigenvalue weighted by atomic mass is 79.9. The Bertz CT molecular complexity index is 252. The summed E-state index contributed by atoms with van der Waals surface area (Å²) in [7, 11) is 0. The van der Waals surface area contributed by atoms with Gasteiger partial charge < -0.3 is 5.11 Å².